The Balaban J connectivity index is 3.28. The molecule has 0 radical (unpaired) electrons. The third kappa shape index (κ3) is 1.27. The van der Waals surface area contributed by atoms with Crippen molar-refractivity contribution in [3.63, 3.8) is 0 Å². The molecule has 12 heavy (non-hydrogen) atoms. The largest absolute Gasteiger partial charge is 0.328 e. The molecule has 66 valence electrons. The van der Waals surface area contributed by atoms with Crippen LogP contribution >= 0.6 is 11.6 Å². The smallest absolute Gasteiger partial charge is 0.258 e. The van der Waals surface area contributed by atoms with Crippen LogP contribution in [-0.4, -0.2) is 14.7 Å². The van der Waals surface area contributed by atoms with E-state index in [-0.39, 0.29) is 10.8 Å². The maximum Gasteiger partial charge on any atom is 0.328 e. The second-order valence-electron chi connectivity index (χ2n) is 2.30. The minimum Gasteiger partial charge on any atom is -0.258 e. The second kappa shape index (κ2) is 3.10. The maximum atomic E-state index is 10.4. The summed E-state index contributed by atoms with van der Waals surface area (Å²) in [6, 6.07) is 0. The number of halogens is 1. The van der Waals surface area contributed by atoms with Crippen molar-refractivity contribution in [1.82, 2.24) is 9.78 Å². The Bertz CT molecular complexity index is 321. The lowest BCUT2D eigenvalue weighted by Gasteiger charge is -1.93. The number of nitrogens with zero attached hydrogens (tertiary/aromatic N) is 3. The van der Waals surface area contributed by atoms with Crippen molar-refractivity contribution >= 4 is 17.3 Å². The summed E-state index contributed by atoms with van der Waals surface area (Å²) in [5.74, 6) is 0. The lowest BCUT2D eigenvalue weighted by molar-refractivity contribution is -0.385. The molecule has 0 fully saturated rings. The van der Waals surface area contributed by atoms with Gasteiger partial charge >= 0.3 is 5.69 Å². The Kier molecular flexibility index (Phi) is 2.32. The fraction of sp³-hybridized carbons (Fsp3) is 0.500. The molecule has 0 unspecified atom stereocenters. The average molecular weight is 190 g/mol. The standard InChI is InChI=1S/C6H8ClN3O2/c1-3-9-6(7)5(10(11)12)4(2)8-9/h3H2,1-2H3. The van der Waals surface area contributed by atoms with Gasteiger partial charge in [0.1, 0.15) is 5.69 Å². The van der Waals surface area contributed by atoms with Gasteiger partial charge in [0.25, 0.3) is 0 Å². The van der Waals surface area contributed by atoms with Crippen LogP contribution in [-0.2, 0) is 6.54 Å². The summed E-state index contributed by atoms with van der Waals surface area (Å²) in [7, 11) is 0. The van der Waals surface area contributed by atoms with Gasteiger partial charge in [-0.2, -0.15) is 5.10 Å². The molecule has 0 spiro atoms. The van der Waals surface area contributed by atoms with Gasteiger partial charge in [-0.25, -0.2) is 4.68 Å². The molecule has 0 aromatic carbocycles. The van der Waals surface area contributed by atoms with Gasteiger partial charge in [0.2, 0.25) is 5.15 Å². The normalized spacial score (nSPS) is 10.2. The van der Waals surface area contributed by atoms with E-state index in [0.717, 1.165) is 0 Å². The van der Waals surface area contributed by atoms with Crippen molar-refractivity contribution in [3.05, 3.63) is 21.0 Å². The van der Waals surface area contributed by atoms with Gasteiger partial charge in [-0.15, -0.1) is 0 Å². The molecule has 0 bridgehead atoms. The lowest BCUT2D eigenvalue weighted by atomic mass is 10.4. The van der Waals surface area contributed by atoms with E-state index in [1.165, 1.54) is 4.68 Å². The molecule has 0 atom stereocenters. The first kappa shape index (κ1) is 8.99. The Morgan fingerprint density at radius 1 is 1.75 bits per heavy atom. The first-order valence-electron chi connectivity index (χ1n) is 3.45. The fourth-order valence-corrected chi connectivity index (χ4v) is 1.32. The summed E-state index contributed by atoms with van der Waals surface area (Å²) in [5.41, 5.74) is 0.255. The molecule has 1 heterocycles. The Morgan fingerprint density at radius 3 is 2.58 bits per heavy atom. The van der Waals surface area contributed by atoms with E-state index in [9.17, 15) is 10.1 Å². The van der Waals surface area contributed by atoms with Crippen molar-refractivity contribution in [2.24, 2.45) is 0 Å². The van der Waals surface area contributed by atoms with E-state index >= 15 is 0 Å². The van der Waals surface area contributed by atoms with Crippen LogP contribution in [0, 0.1) is 17.0 Å². The van der Waals surface area contributed by atoms with Gasteiger partial charge in [-0.1, -0.05) is 11.6 Å². The fourth-order valence-electron chi connectivity index (χ4n) is 0.961. The predicted octanol–water partition coefficient (Wildman–Crippen LogP) is 1.77. The highest BCUT2D eigenvalue weighted by Gasteiger charge is 2.22. The first-order valence-corrected chi connectivity index (χ1v) is 3.83. The van der Waals surface area contributed by atoms with Crippen LogP contribution in [0.25, 0.3) is 0 Å². The van der Waals surface area contributed by atoms with Crippen LogP contribution in [0.5, 0.6) is 0 Å². The molecule has 0 saturated heterocycles. The van der Waals surface area contributed by atoms with E-state index < -0.39 is 4.92 Å². The SMILES string of the molecule is CCn1nc(C)c([N+](=O)[O-])c1Cl. The van der Waals surface area contributed by atoms with Crippen LogP contribution in [0.2, 0.25) is 5.15 Å². The summed E-state index contributed by atoms with van der Waals surface area (Å²) in [6.07, 6.45) is 0. The molecule has 1 rings (SSSR count). The van der Waals surface area contributed by atoms with Crippen molar-refractivity contribution in [3.8, 4) is 0 Å². The number of hydrogen-bond donors (Lipinski definition) is 0. The summed E-state index contributed by atoms with van der Waals surface area (Å²) in [4.78, 5) is 9.92. The van der Waals surface area contributed by atoms with E-state index in [2.05, 4.69) is 5.10 Å². The summed E-state index contributed by atoms with van der Waals surface area (Å²) in [6.45, 7) is 3.92. The first-order chi connectivity index (χ1) is 5.57. The number of rotatable bonds is 2. The molecule has 1 aromatic heterocycles. The van der Waals surface area contributed by atoms with Crippen LogP contribution in [0.1, 0.15) is 12.6 Å². The molecule has 0 aliphatic carbocycles. The zero-order chi connectivity index (χ0) is 9.30. The highest BCUT2D eigenvalue weighted by Crippen LogP contribution is 2.27. The highest BCUT2D eigenvalue weighted by molar-refractivity contribution is 6.31. The molecular formula is C6H8ClN3O2. The second-order valence-corrected chi connectivity index (χ2v) is 2.66. The van der Waals surface area contributed by atoms with Crippen LogP contribution in [0.15, 0.2) is 0 Å². The highest BCUT2D eigenvalue weighted by atomic mass is 35.5. The molecular weight excluding hydrogens is 182 g/mol. The predicted molar refractivity (Wildman–Crippen MR) is 44.3 cm³/mol. The van der Waals surface area contributed by atoms with Gasteiger partial charge in [0, 0.05) is 6.54 Å². The summed E-state index contributed by atoms with van der Waals surface area (Å²) >= 11 is 5.68. The maximum absolute atomic E-state index is 10.4. The molecule has 1 aromatic rings. The molecule has 0 saturated carbocycles. The monoisotopic (exact) mass is 189 g/mol. The minimum atomic E-state index is -0.517. The third-order valence-corrected chi connectivity index (χ3v) is 1.89. The molecule has 0 amide bonds. The van der Waals surface area contributed by atoms with Crippen LogP contribution in [0.4, 0.5) is 5.69 Å². The van der Waals surface area contributed by atoms with E-state index in [1.807, 2.05) is 6.92 Å². The zero-order valence-electron chi connectivity index (χ0n) is 6.74. The van der Waals surface area contributed by atoms with E-state index in [4.69, 9.17) is 11.6 Å². The molecule has 5 nitrogen and oxygen atoms in total. The number of aromatic nitrogens is 2. The van der Waals surface area contributed by atoms with Crippen molar-refractivity contribution < 1.29 is 4.92 Å². The van der Waals surface area contributed by atoms with Gasteiger partial charge in [-0.3, -0.25) is 10.1 Å². The third-order valence-electron chi connectivity index (χ3n) is 1.52. The molecule has 0 N–H and O–H groups in total. The Labute approximate surface area is 74.1 Å². The number of aryl methyl sites for hydroxylation is 2. The van der Waals surface area contributed by atoms with Crippen LogP contribution < -0.4 is 0 Å². The topological polar surface area (TPSA) is 61.0 Å². The number of nitro groups is 1. The van der Waals surface area contributed by atoms with Gasteiger partial charge in [-0.05, 0) is 13.8 Å². The van der Waals surface area contributed by atoms with Gasteiger partial charge in [0.05, 0.1) is 4.92 Å². The minimum absolute atomic E-state index is 0.0972. The quantitative estimate of drug-likeness (QED) is 0.526. The summed E-state index contributed by atoms with van der Waals surface area (Å²) in [5, 5.41) is 14.4. The molecule has 0 aliphatic heterocycles. The summed E-state index contributed by atoms with van der Waals surface area (Å²) < 4.78 is 1.40. The average Bonchev–Trinajstić information content (AvgIpc) is 2.25. The van der Waals surface area contributed by atoms with Crippen molar-refractivity contribution in [1.29, 1.82) is 0 Å². The molecule has 0 aliphatic rings. The number of hydrogen-bond acceptors (Lipinski definition) is 3. The zero-order valence-corrected chi connectivity index (χ0v) is 7.50. The Morgan fingerprint density at radius 2 is 2.33 bits per heavy atom. The van der Waals surface area contributed by atoms with Crippen LogP contribution in [0.3, 0.4) is 0 Å². The van der Waals surface area contributed by atoms with E-state index in [0.29, 0.717) is 12.2 Å². The van der Waals surface area contributed by atoms with Gasteiger partial charge < -0.3 is 0 Å². The van der Waals surface area contributed by atoms with Crippen molar-refractivity contribution in [2.45, 2.75) is 20.4 Å². The van der Waals surface area contributed by atoms with Gasteiger partial charge in [0.15, 0.2) is 0 Å². The van der Waals surface area contributed by atoms with Crippen molar-refractivity contribution in [2.75, 3.05) is 0 Å². The molecule has 6 heteroatoms. The Hall–Kier alpha value is -1.10. The lowest BCUT2D eigenvalue weighted by Crippen LogP contribution is -1.96. The van der Waals surface area contributed by atoms with E-state index in [1.54, 1.807) is 6.92 Å².